The third-order valence-electron chi connectivity index (χ3n) is 2.28. The van der Waals surface area contributed by atoms with E-state index in [9.17, 15) is 4.79 Å². The molecule has 0 spiro atoms. The lowest BCUT2D eigenvalue weighted by Crippen LogP contribution is -2.31. The van der Waals surface area contributed by atoms with E-state index in [-0.39, 0.29) is 5.91 Å². The Morgan fingerprint density at radius 1 is 1.35 bits per heavy atom. The first-order valence-corrected chi connectivity index (χ1v) is 6.92. The van der Waals surface area contributed by atoms with Crippen LogP contribution in [0.4, 0.5) is 0 Å². The molecule has 0 heterocycles. The number of rotatable bonds is 7. The fraction of sp³-hybridized carbons (Fsp3) is 0.462. The molecule has 0 radical (unpaired) electrons. The monoisotopic (exact) mass is 252 g/mol. The molecule has 1 rings (SSSR count). The largest absolute Gasteiger partial charge is 0.354 e. The number of hydrogen-bond acceptors (Lipinski definition) is 3. The molecule has 2 N–H and O–H groups in total. The molecule has 0 aliphatic rings. The van der Waals surface area contributed by atoms with Crippen LogP contribution >= 0.6 is 11.8 Å². The Labute approximate surface area is 107 Å². The van der Waals surface area contributed by atoms with Crippen LogP contribution in [0.3, 0.4) is 0 Å². The normalized spacial score (nSPS) is 10.2. The van der Waals surface area contributed by atoms with Crippen LogP contribution in [0.25, 0.3) is 0 Å². The highest BCUT2D eigenvalue weighted by Crippen LogP contribution is 2.12. The van der Waals surface area contributed by atoms with Crippen molar-refractivity contribution < 1.29 is 4.79 Å². The molecule has 1 aromatic carbocycles. The summed E-state index contributed by atoms with van der Waals surface area (Å²) in [7, 11) is 1.87. The predicted octanol–water partition coefficient (Wildman–Crippen LogP) is 1.56. The smallest absolute Gasteiger partial charge is 0.230 e. The van der Waals surface area contributed by atoms with Crippen LogP contribution < -0.4 is 10.6 Å². The van der Waals surface area contributed by atoms with Gasteiger partial charge in [0.1, 0.15) is 0 Å². The van der Waals surface area contributed by atoms with Gasteiger partial charge in [0.15, 0.2) is 0 Å². The number of nitrogens with one attached hydrogen (secondary N) is 2. The van der Waals surface area contributed by atoms with E-state index in [2.05, 4.69) is 41.8 Å². The van der Waals surface area contributed by atoms with Crippen molar-refractivity contribution in [1.29, 1.82) is 0 Å². The summed E-state index contributed by atoms with van der Waals surface area (Å²) in [6.07, 6.45) is 0. The van der Waals surface area contributed by atoms with Gasteiger partial charge in [-0.1, -0.05) is 29.8 Å². The van der Waals surface area contributed by atoms with Gasteiger partial charge in [0.25, 0.3) is 0 Å². The zero-order chi connectivity index (χ0) is 12.5. The van der Waals surface area contributed by atoms with Gasteiger partial charge < -0.3 is 10.6 Å². The van der Waals surface area contributed by atoms with Crippen LogP contribution in [0, 0.1) is 6.92 Å². The van der Waals surface area contributed by atoms with Gasteiger partial charge in [-0.25, -0.2) is 0 Å². The molecule has 0 atom stereocenters. The van der Waals surface area contributed by atoms with Crippen molar-refractivity contribution in [3.8, 4) is 0 Å². The summed E-state index contributed by atoms with van der Waals surface area (Å²) in [5, 5.41) is 5.85. The van der Waals surface area contributed by atoms with Gasteiger partial charge >= 0.3 is 0 Å². The van der Waals surface area contributed by atoms with E-state index in [4.69, 9.17) is 0 Å². The Morgan fingerprint density at radius 2 is 2.18 bits per heavy atom. The van der Waals surface area contributed by atoms with Gasteiger partial charge in [-0.05, 0) is 19.5 Å². The lowest BCUT2D eigenvalue weighted by molar-refractivity contribution is -0.118. The van der Waals surface area contributed by atoms with Crippen molar-refractivity contribution >= 4 is 17.7 Å². The molecule has 4 heteroatoms. The number of carbonyl (C=O) groups is 1. The SMILES string of the molecule is CNCCNC(=O)CSCc1cccc(C)c1. The van der Waals surface area contributed by atoms with Gasteiger partial charge in [-0.3, -0.25) is 4.79 Å². The highest BCUT2D eigenvalue weighted by molar-refractivity contribution is 7.99. The van der Waals surface area contributed by atoms with E-state index < -0.39 is 0 Å². The van der Waals surface area contributed by atoms with E-state index in [0.717, 1.165) is 12.3 Å². The van der Waals surface area contributed by atoms with Crippen LogP contribution in [-0.2, 0) is 10.5 Å². The highest BCUT2D eigenvalue weighted by Gasteiger charge is 2.01. The number of hydrogen-bond donors (Lipinski definition) is 2. The minimum Gasteiger partial charge on any atom is -0.354 e. The molecule has 3 nitrogen and oxygen atoms in total. The summed E-state index contributed by atoms with van der Waals surface area (Å²) >= 11 is 1.65. The molecule has 0 aliphatic carbocycles. The molecule has 17 heavy (non-hydrogen) atoms. The van der Waals surface area contributed by atoms with E-state index >= 15 is 0 Å². The van der Waals surface area contributed by atoms with Gasteiger partial charge in [-0.15, -0.1) is 11.8 Å². The number of thioether (sulfide) groups is 1. The number of aryl methyl sites for hydroxylation is 1. The summed E-state index contributed by atoms with van der Waals surface area (Å²) < 4.78 is 0. The fourth-order valence-electron chi connectivity index (χ4n) is 1.44. The van der Waals surface area contributed by atoms with Gasteiger partial charge in [0, 0.05) is 18.8 Å². The van der Waals surface area contributed by atoms with Gasteiger partial charge in [0.05, 0.1) is 5.75 Å². The van der Waals surface area contributed by atoms with Crippen LogP contribution in [-0.4, -0.2) is 31.8 Å². The summed E-state index contributed by atoms with van der Waals surface area (Å²) in [4.78, 5) is 11.4. The van der Waals surface area contributed by atoms with Gasteiger partial charge in [0.2, 0.25) is 5.91 Å². The number of likely N-dealkylation sites (N-methyl/N-ethyl adjacent to an activating group) is 1. The molecule has 94 valence electrons. The molecule has 0 fully saturated rings. The zero-order valence-electron chi connectivity index (χ0n) is 10.5. The topological polar surface area (TPSA) is 41.1 Å². The van der Waals surface area contributed by atoms with Gasteiger partial charge in [-0.2, -0.15) is 0 Å². The van der Waals surface area contributed by atoms with E-state index in [1.54, 1.807) is 11.8 Å². The first-order chi connectivity index (χ1) is 8.22. The lowest BCUT2D eigenvalue weighted by Gasteiger charge is -2.05. The molecule has 0 aliphatic heterocycles. The maximum absolute atomic E-state index is 11.4. The molecular formula is C13H20N2OS. The summed E-state index contributed by atoms with van der Waals surface area (Å²) in [5.74, 6) is 1.52. The molecule has 0 saturated carbocycles. The molecule has 1 aromatic rings. The van der Waals surface area contributed by atoms with E-state index in [0.29, 0.717) is 12.3 Å². The average molecular weight is 252 g/mol. The van der Waals surface area contributed by atoms with Crippen LogP contribution in [0.15, 0.2) is 24.3 Å². The quantitative estimate of drug-likeness (QED) is 0.724. The highest BCUT2D eigenvalue weighted by atomic mass is 32.2. The molecule has 0 unspecified atom stereocenters. The number of carbonyl (C=O) groups excluding carboxylic acids is 1. The average Bonchev–Trinajstić information content (AvgIpc) is 2.29. The summed E-state index contributed by atoms with van der Waals surface area (Å²) in [5.41, 5.74) is 2.54. The maximum Gasteiger partial charge on any atom is 0.230 e. The minimum absolute atomic E-state index is 0.109. The Balaban J connectivity index is 2.17. The third-order valence-corrected chi connectivity index (χ3v) is 3.29. The Hall–Kier alpha value is -1.00. The Morgan fingerprint density at radius 3 is 2.88 bits per heavy atom. The van der Waals surface area contributed by atoms with Crippen molar-refractivity contribution in [2.75, 3.05) is 25.9 Å². The zero-order valence-corrected chi connectivity index (χ0v) is 11.3. The van der Waals surface area contributed by atoms with E-state index in [1.807, 2.05) is 7.05 Å². The first-order valence-electron chi connectivity index (χ1n) is 5.77. The summed E-state index contributed by atoms with van der Waals surface area (Å²) in [6.45, 7) is 3.59. The molecular weight excluding hydrogens is 232 g/mol. The van der Waals surface area contributed by atoms with Crippen molar-refractivity contribution in [2.24, 2.45) is 0 Å². The first kappa shape index (κ1) is 14.1. The lowest BCUT2D eigenvalue weighted by atomic mass is 10.2. The number of benzene rings is 1. The molecule has 0 aromatic heterocycles. The predicted molar refractivity (Wildman–Crippen MR) is 74.3 cm³/mol. The van der Waals surface area contributed by atoms with Crippen molar-refractivity contribution in [2.45, 2.75) is 12.7 Å². The van der Waals surface area contributed by atoms with Crippen LogP contribution in [0.5, 0.6) is 0 Å². The Bertz CT molecular complexity index is 355. The standard InChI is InChI=1S/C13H20N2OS/c1-11-4-3-5-12(8-11)9-17-10-13(16)15-7-6-14-2/h3-5,8,14H,6-7,9-10H2,1-2H3,(H,15,16). The second-order valence-corrected chi connectivity index (χ2v) is 4.92. The third kappa shape index (κ3) is 6.34. The molecule has 0 bridgehead atoms. The fourth-order valence-corrected chi connectivity index (χ4v) is 2.25. The van der Waals surface area contributed by atoms with E-state index in [1.165, 1.54) is 11.1 Å². The minimum atomic E-state index is 0.109. The second-order valence-electron chi connectivity index (χ2n) is 3.94. The second kappa shape index (κ2) is 8.14. The number of amides is 1. The van der Waals surface area contributed by atoms with Crippen LogP contribution in [0.2, 0.25) is 0 Å². The summed E-state index contributed by atoms with van der Waals surface area (Å²) in [6, 6.07) is 8.39. The van der Waals surface area contributed by atoms with Crippen molar-refractivity contribution in [1.82, 2.24) is 10.6 Å². The van der Waals surface area contributed by atoms with Crippen molar-refractivity contribution in [3.63, 3.8) is 0 Å². The molecule has 0 saturated heterocycles. The Kier molecular flexibility index (Phi) is 6.74. The maximum atomic E-state index is 11.4. The van der Waals surface area contributed by atoms with Crippen LogP contribution in [0.1, 0.15) is 11.1 Å². The molecule has 1 amide bonds. The van der Waals surface area contributed by atoms with Crippen molar-refractivity contribution in [3.05, 3.63) is 35.4 Å².